The first kappa shape index (κ1) is 12.6. The molecule has 0 spiro atoms. The SMILES string of the molecule is CC(O)C(O)c1cnc2c(n1)NC(N)=NC2(N)O. The highest BCUT2D eigenvalue weighted by Crippen LogP contribution is 2.27. The third-order valence-electron chi connectivity index (χ3n) is 2.44. The molecule has 18 heavy (non-hydrogen) atoms. The first-order chi connectivity index (χ1) is 8.31. The second-order valence-electron chi connectivity index (χ2n) is 4.03. The molecule has 1 aliphatic rings. The Labute approximate surface area is 102 Å². The zero-order valence-corrected chi connectivity index (χ0v) is 9.57. The predicted octanol–water partition coefficient (Wildman–Crippen LogP) is -2.31. The number of aliphatic hydroxyl groups excluding tert-OH is 2. The molecular weight excluding hydrogens is 240 g/mol. The number of rotatable bonds is 2. The van der Waals surface area contributed by atoms with Crippen LogP contribution in [0.5, 0.6) is 0 Å². The fourth-order valence-electron chi connectivity index (χ4n) is 1.53. The van der Waals surface area contributed by atoms with Crippen molar-refractivity contribution in [2.24, 2.45) is 16.5 Å². The lowest BCUT2D eigenvalue weighted by Gasteiger charge is -2.26. The van der Waals surface area contributed by atoms with Gasteiger partial charge in [-0.05, 0) is 6.92 Å². The summed E-state index contributed by atoms with van der Waals surface area (Å²) in [4.78, 5) is 11.4. The van der Waals surface area contributed by atoms with E-state index in [0.29, 0.717) is 0 Å². The van der Waals surface area contributed by atoms with Gasteiger partial charge in [0.05, 0.1) is 18.0 Å². The molecule has 0 saturated carbocycles. The van der Waals surface area contributed by atoms with Gasteiger partial charge in [0.25, 0.3) is 5.85 Å². The van der Waals surface area contributed by atoms with Crippen LogP contribution in [-0.4, -0.2) is 37.4 Å². The molecule has 98 valence electrons. The number of anilines is 1. The van der Waals surface area contributed by atoms with Crippen molar-refractivity contribution in [2.45, 2.75) is 25.0 Å². The molecule has 0 fully saturated rings. The van der Waals surface area contributed by atoms with E-state index in [1.807, 2.05) is 0 Å². The Bertz CT molecular complexity index is 501. The number of fused-ring (bicyclic) bond motifs is 1. The highest BCUT2D eigenvalue weighted by molar-refractivity contribution is 5.93. The van der Waals surface area contributed by atoms with E-state index in [0.717, 1.165) is 0 Å². The lowest BCUT2D eigenvalue weighted by atomic mass is 10.1. The van der Waals surface area contributed by atoms with Crippen LogP contribution in [0.4, 0.5) is 5.82 Å². The summed E-state index contributed by atoms with van der Waals surface area (Å²) >= 11 is 0. The second kappa shape index (κ2) is 4.14. The number of nitrogens with one attached hydrogen (secondary N) is 1. The molecule has 3 atom stereocenters. The normalized spacial score (nSPS) is 25.7. The maximum absolute atomic E-state index is 9.79. The van der Waals surface area contributed by atoms with Crippen LogP contribution >= 0.6 is 0 Å². The minimum absolute atomic E-state index is 0.0155. The van der Waals surface area contributed by atoms with Gasteiger partial charge in [-0.3, -0.25) is 5.73 Å². The summed E-state index contributed by atoms with van der Waals surface area (Å²) in [5, 5.41) is 31.3. The standard InChI is InChI=1S/C9H14N6O3/c1-3(16)5(17)4-2-12-6-7(13-4)14-8(10)15-9(6,11)18/h2-3,5,16-18H,11H2,1H3,(H3,10,13,14,15). The van der Waals surface area contributed by atoms with Crippen LogP contribution < -0.4 is 16.8 Å². The van der Waals surface area contributed by atoms with Crippen LogP contribution in [0.2, 0.25) is 0 Å². The van der Waals surface area contributed by atoms with Crippen LogP contribution in [-0.2, 0) is 5.85 Å². The summed E-state index contributed by atoms with van der Waals surface area (Å²) in [6.45, 7) is 1.41. The van der Waals surface area contributed by atoms with Gasteiger partial charge in [0.1, 0.15) is 6.10 Å². The van der Waals surface area contributed by atoms with Crippen LogP contribution in [0, 0.1) is 0 Å². The van der Waals surface area contributed by atoms with Crippen molar-refractivity contribution in [1.29, 1.82) is 0 Å². The Morgan fingerprint density at radius 3 is 2.72 bits per heavy atom. The summed E-state index contributed by atoms with van der Waals surface area (Å²) in [6.07, 6.45) is -1.01. The average Bonchev–Trinajstić information content (AvgIpc) is 2.25. The summed E-state index contributed by atoms with van der Waals surface area (Å²) in [7, 11) is 0. The minimum atomic E-state index is -2.06. The lowest BCUT2D eigenvalue weighted by Crippen LogP contribution is -2.44. The Morgan fingerprint density at radius 1 is 1.44 bits per heavy atom. The number of aliphatic imine (C=N–C) groups is 1. The summed E-state index contributed by atoms with van der Waals surface area (Å²) < 4.78 is 0. The smallest absolute Gasteiger partial charge is 0.262 e. The minimum Gasteiger partial charge on any atom is -0.390 e. The Balaban J connectivity index is 2.44. The summed E-state index contributed by atoms with van der Waals surface area (Å²) in [5.41, 5.74) is 11.0. The maximum Gasteiger partial charge on any atom is 0.262 e. The number of hydrogen-bond donors (Lipinski definition) is 6. The molecule has 0 amide bonds. The van der Waals surface area contributed by atoms with Crippen molar-refractivity contribution < 1.29 is 15.3 Å². The lowest BCUT2D eigenvalue weighted by molar-refractivity contribution is 0.0267. The van der Waals surface area contributed by atoms with Gasteiger partial charge in [-0.15, -0.1) is 0 Å². The van der Waals surface area contributed by atoms with Gasteiger partial charge in [0.15, 0.2) is 17.5 Å². The first-order valence-corrected chi connectivity index (χ1v) is 5.18. The van der Waals surface area contributed by atoms with Gasteiger partial charge in [-0.1, -0.05) is 0 Å². The van der Waals surface area contributed by atoms with Gasteiger partial charge in [-0.2, -0.15) is 4.99 Å². The first-order valence-electron chi connectivity index (χ1n) is 5.18. The van der Waals surface area contributed by atoms with E-state index in [1.54, 1.807) is 0 Å². The average molecular weight is 254 g/mol. The molecule has 0 saturated heterocycles. The van der Waals surface area contributed by atoms with Gasteiger partial charge in [0.2, 0.25) is 0 Å². The van der Waals surface area contributed by atoms with Crippen LogP contribution in [0.1, 0.15) is 24.4 Å². The molecule has 0 radical (unpaired) electrons. The van der Waals surface area contributed by atoms with E-state index in [1.165, 1.54) is 13.1 Å². The number of aromatic nitrogens is 2. The molecule has 0 bridgehead atoms. The summed E-state index contributed by atoms with van der Waals surface area (Å²) in [5.74, 6) is -2.10. The van der Waals surface area contributed by atoms with Crippen molar-refractivity contribution in [3.05, 3.63) is 17.6 Å². The molecule has 2 heterocycles. The highest BCUT2D eigenvalue weighted by Gasteiger charge is 2.34. The predicted molar refractivity (Wildman–Crippen MR) is 62.0 cm³/mol. The third-order valence-corrected chi connectivity index (χ3v) is 2.44. The van der Waals surface area contributed by atoms with E-state index >= 15 is 0 Å². The van der Waals surface area contributed by atoms with Crippen molar-refractivity contribution in [2.75, 3.05) is 5.32 Å². The molecule has 9 nitrogen and oxygen atoms in total. The van der Waals surface area contributed by atoms with E-state index in [-0.39, 0.29) is 23.2 Å². The number of aliphatic hydroxyl groups is 3. The van der Waals surface area contributed by atoms with Crippen molar-refractivity contribution in [3.8, 4) is 0 Å². The maximum atomic E-state index is 9.79. The number of guanidine groups is 1. The van der Waals surface area contributed by atoms with Crippen molar-refractivity contribution in [3.63, 3.8) is 0 Å². The van der Waals surface area contributed by atoms with Gasteiger partial charge >= 0.3 is 0 Å². The fourth-order valence-corrected chi connectivity index (χ4v) is 1.53. The number of nitrogens with two attached hydrogens (primary N) is 2. The third kappa shape index (κ3) is 2.11. The monoisotopic (exact) mass is 254 g/mol. The molecule has 1 aliphatic heterocycles. The van der Waals surface area contributed by atoms with Gasteiger partial charge in [-0.25, -0.2) is 9.97 Å². The molecule has 1 aromatic rings. The molecule has 2 rings (SSSR count). The van der Waals surface area contributed by atoms with Crippen molar-refractivity contribution >= 4 is 11.8 Å². The molecule has 8 N–H and O–H groups in total. The fraction of sp³-hybridized carbons (Fsp3) is 0.444. The zero-order valence-electron chi connectivity index (χ0n) is 9.57. The van der Waals surface area contributed by atoms with E-state index in [2.05, 4.69) is 20.3 Å². The Kier molecular flexibility index (Phi) is 2.91. The molecule has 0 aliphatic carbocycles. The Hall–Kier alpha value is -1.81. The second-order valence-corrected chi connectivity index (χ2v) is 4.03. The summed E-state index contributed by atoms with van der Waals surface area (Å²) in [6, 6.07) is 0. The molecule has 3 unspecified atom stereocenters. The van der Waals surface area contributed by atoms with Crippen LogP contribution in [0.15, 0.2) is 11.2 Å². The number of nitrogens with zero attached hydrogens (tertiary/aromatic N) is 3. The van der Waals surface area contributed by atoms with E-state index in [4.69, 9.17) is 11.5 Å². The van der Waals surface area contributed by atoms with E-state index < -0.39 is 18.1 Å². The van der Waals surface area contributed by atoms with Gasteiger partial charge in [0, 0.05) is 0 Å². The highest BCUT2D eigenvalue weighted by atomic mass is 16.3. The zero-order chi connectivity index (χ0) is 13.5. The topological polar surface area (TPSA) is 163 Å². The molecular formula is C9H14N6O3. The Morgan fingerprint density at radius 2 is 2.11 bits per heavy atom. The quantitative estimate of drug-likeness (QED) is 0.321. The molecule has 0 aromatic carbocycles. The molecule has 1 aromatic heterocycles. The molecule has 9 heteroatoms. The van der Waals surface area contributed by atoms with Gasteiger partial charge < -0.3 is 26.4 Å². The number of hydrogen-bond acceptors (Lipinski definition) is 9. The van der Waals surface area contributed by atoms with Crippen molar-refractivity contribution in [1.82, 2.24) is 9.97 Å². The largest absolute Gasteiger partial charge is 0.390 e. The van der Waals surface area contributed by atoms with Crippen LogP contribution in [0.25, 0.3) is 0 Å². The van der Waals surface area contributed by atoms with Crippen LogP contribution in [0.3, 0.4) is 0 Å². The van der Waals surface area contributed by atoms with E-state index in [9.17, 15) is 15.3 Å².